The molecule has 0 aromatic carbocycles. The van der Waals surface area contributed by atoms with E-state index in [0.29, 0.717) is 0 Å². The summed E-state index contributed by atoms with van der Waals surface area (Å²) in [7, 11) is 0. The van der Waals surface area contributed by atoms with Gasteiger partial charge in [-0.2, -0.15) is 0 Å². The topological polar surface area (TPSA) is 12.0 Å². The van der Waals surface area contributed by atoms with Gasteiger partial charge in [-0.05, 0) is 50.0 Å². The van der Waals surface area contributed by atoms with Crippen molar-refractivity contribution in [2.45, 2.75) is 97.9 Å². The Morgan fingerprint density at radius 1 is 0.950 bits per heavy atom. The number of hydrogen-bond donors (Lipinski definition) is 1. The molecule has 1 atom stereocenters. The molecular formula is C19H39N. The summed E-state index contributed by atoms with van der Waals surface area (Å²) in [6, 6.07) is 0.802. The summed E-state index contributed by atoms with van der Waals surface area (Å²) < 4.78 is 0. The third-order valence-corrected chi connectivity index (χ3v) is 5.11. The molecule has 1 aliphatic rings. The summed E-state index contributed by atoms with van der Waals surface area (Å²) in [5, 5.41) is 3.86. The molecule has 0 aliphatic heterocycles. The minimum atomic E-state index is 0.802. The smallest absolute Gasteiger partial charge is 0.00953 e. The molecular weight excluding hydrogens is 242 g/mol. The zero-order chi connectivity index (χ0) is 14.8. The monoisotopic (exact) mass is 281 g/mol. The molecule has 0 spiro atoms. The second-order valence-electron chi connectivity index (χ2n) is 7.45. The van der Waals surface area contributed by atoms with Crippen LogP contribution in [0.2, 0.25) is 0 Å². The van der Waals surface area contributed by atoms with E-state index in [2.05, 4.69) is 33.0 Å². The molecule has 120 valence electrons. The van der Waals surface area contributed by atoms with Crippen molar-refractivity contribution in [3.05, 3.63) is 0 Å². The molecule has 0 heterocycles. The highest BCUT2D eigenvalue weighted by molar-refractivity contribution is 4.82. The average Bonchev–Trinajstić information content (AvgIpc) is 2.43. The molecule has 1 fully saturated rings. The maximum atomic E-state index is 3.86. The van der Waals surface area contributed by atoms with Gasteiger partial charge in [0.05, 0.1) is 0 Å². The highest BCUT2D eigenvalue weighted by Gasteiger charge is 2.26. The summed E-state index contributed by atoms with van der Waals surface area (Å²) in [5.41, 5.74) is 0. The van der Waals surface area contributed by atoms with E-state index >= 15 is 0 Å². The van der Waals surface area contributed by atoms with Crippen molar-refractivity contribution in [1.82, 2.24) is 5.32 Å². The largest absolute Gasteiger partial charge is 0.314 e. The Bertz CT molecular complexity index is 216. The van der Waals surface area contributed by atoms with Gasteiger partial charge in [-0.15, -0.1) is 0 Å². The van der Waals surface area contributed by atoms with Gasteiger partial charge in [0.2, 0.25) is 0 Å². The van der Waals surface area contributed by atoms with Crippen LogP contribution in [0, 0.1) is 17.8 Å². The van der Waals surface area contributed by atoms with E-state index < -0.39 is 0 Å². The molecule has 0 radical (unpaired) electrons. The standard InChI is InChI=1S/C19H39N/c1-5-8-17-11-13-18(14-12-17)19(20-15-6-2)10-7-9-16(3)4/h16-20H,5-15H2,1-4H3. The van der Waals surface area contributed by atoms with Crippen molar-refractivity contribution in [2.75, 3.05) is 6.54 Å². The van der Waals surface area contributed by atoms with Gasteiger partial charge in [0.1, 0.15) is 0 Å². The summed E-state index contributed by atoms with van der Waals surface area (Å²) in [4.78, 5) is 0. The second kappa shape index (κ2) is 10.7. The number of nitrogens with one attached hydrogen (secondary N) is 1. The van der Waals surface area contributed by atoms with Crippen molar-refractivity contribution < 1.29 is 0 Å². The molecule has 0 amide bonds. The van der Waals surface area contributed by atoms with Gasteiger partial charge in [0.15, 0.2) is 0 Å². The molecule has 1 aliphatic carbocycles. The fraction of sp³-hybridized carbons (Fsp3) is 1.00. The van der Waals surface area contributed by atoms with Crippen LogP contribution >= 0.6 is 0 Å². The minimum absolute atomic E-state index is 0.802. The fourth-order valence-corrected chi connectivity index (χ4v) is 3.87. The van der Waals surface area contributed by atoms with E-state index in [9.17, 15) is 0 Å². The summed E-state index contributed by atoms with van der Waals surface area (Å²) in [6.45, 7) is 10.5. The normalized spacial score (nSPS) is 25.1. The fourth-order valence-electron chi connectivity index (χ4n) is 3.87. The van der Waals surface area contributed by atoms with E-state index in [1.165, 1.54) is 70.8 Å². The van der Waals surface area contributed by atoms with E-state index in [-0.39, 0.29) is 0 Å². The maximum Gasteiger partial charge on any atom is 0.00953 e. The first-order valence-electron chi connectivity index (χ1n) is 9.40. The highest BCUT2D eigenvalue weighted by atomic mass is 14.9. The van der Waals surface area contributed by atoms with Crippen LogP contribution in [-0.2, 0) is 0 Å². The van der Waals surface area contributed by atoms with E-state index in [1.807, 2.05) is 0 Å². The van der Waals surface area contributed by atoms with Crippen LogP contribution < -0.4 is 5.32 Å². The Labute approximate surface area is 128 Å². The lowest BCUT2D eigenvalue weighted by Gasteiger charge is -2.34. The van der Waals surface area contributed by atoms with E-state index in [1.54, 1.807) is 0 Å². The summed E-state index contributed by atoms with van der Waals surface area (Å²) >= 11 is 0. The Balaban J connectivity index is 2.34. The van der Waals surface area contributed by atoms with Crippen LogP contribution in [0.15, 0.2) is 0 Å². The molecule has 1 rings (SSSR count). The van der Waals surface area contributed by atoms with Gasteiger partial charge in [0, 0.05) is 6.04 Å². The Kier molecular flexibility index (Phi) is 9.59. The number of rotatable bonds is 10. The predicted molar refractivity (Wildman–Crippen MR) is 91.1 cm³/mol. The van der Waals surface area contributed by atoms with Crippen LogP contribution in [0.25, 0.3) is 0 Å². The Morgan fingerprint density at radius 2 is 1.65 bits per heavy atom. The molecule has 0 bridgehead atoms. The van der Waals surface area contributed by atoms with E-state index in [4.69, 9.17) is 0 Å². The molecule has 0 aromatic rings. The lowest BCUT2D eigenvalue weighted by Crippen LogP contribution is -2.38. The minimum Gasteiger partial charge on any atom is -0.314 e. The van der Waals surface area contributed by atoms with E-state index in [0.717, 1.165) is 23.8 Å². The average molecular weight is 282 g/mol. The van der Waals surface area contributed by atoms with Crippen LogP contribution in [0.5, 0.6) is 0 Å². The second-order valence-corrected chi connectivity index (χ2v) is 7.45. The Morgan fingerprint density at radius 3 is 2.20 bits per heavy atom. The van der Waals surface area contributed by atoms with Crippen molar-refractivity contribution in [3.8, 4) is 0 Å². The molecule has 1 heteroatoms. The summed E-state index contributed by atoms with van der Waals surface area (Å²) in [5.74, 6) is 2.86. The Hall–Kier alpha value is -0.0400. The van der Waals surface area contributed by atoms with Gasteiger partial charge in [-0.1, -0.05) is 66.2 Å². The third kappa shape index (κ3) is 7.11. The van der Waals surface area contributed by atoms with Crippen molar-refractivity contribution in [3.63, 3.8) is 0 Å². The lowest BCUT2D eigenvalue weighted by molar-refractivity contribution is 0.204. The predicted octanol–water partition coefficient (Wildman–Crippen LogP) is 5.79. The van der Waals surface area contributed by atoms with Gasteiger partial charge in [0.25, 0.3) is 0 Å². The molecule has 0 aromatic heterocycles. The first-order chi connectivity index (χ1) is 9.67. The summed E-state index contributed by atoms with van der Waals surface area (Å²) in [6.07, 6.45) is 14.3. The van der Waals surface area contributed by atoms with Crippen molar-refractivity contribution in [1.29, 1.82) is 0 Å². The van der Waals surface area contributed by atoms with Gasteiger partial charge >= 0.3 is 0 Å². The lowest BCUT2D eigenvalue weighted by atomic mass is 9.76. The molecule has 1 unspecified atom stereocenters. The maximum absolute atomic E-state index is 3.86. The van der Waals surface area contributed by atoms with Crippen molar-refractivity contribution >= 4 is 0 Å². The van der Waals surface area contributed by atoms with Gasteiger partial charge in [-0.3, -0.25) is 0 Å². The van der Waals surface area contributed by atoms with Crippen LogP contribution in [-0.4, -0.2) is 12.6 Å². The zero-order valence-corrected chi connectivity index (χ0v) is 14.6. The SMILES string of the molecule is CCCNC(CCCC(C)C)C1CCC(CCC)CC1. The van der Waals surface area contributed by atoms with Crippen molar-refractivity contribution in [2.24, 2.45) is 17.8 Å². The molecule has 20 heavy (non-hydrogen) atoms. The highest BCUT2D eigenvalue weighted by Crippen LogP contribution is 2.34. The van der Waals surface area contributed by atoms with Crippen LogP contribution in [0.1, 0.15) is 91.9 Å². The molecule has 1 N–H and O–H groups in total. The molecule has 1 saturated carbocycles. The van der Waals surface area contributed by atoms with Gasteiger partial charge in [-0.25, -0.2) is 0 Å². The third-order valence-electron chi connectivity index (χ3n) is 5.11. The number of hydrogen-bond acceptors (Lipinski definition) is 1. The first kappa shape index (κ1) is 18.0. The van der Waals surface area contributed by atoms with Crippen LogP contribution in [0.3, 0.4) is 0 Å². The van der Waals surface area contributed by atoms with Gasteiger partial charge < -0.3 is 5.32 Å². The molecule has 1 nitrogen and oxygen atoms in total. The molecule has 0 saturated heterocycles. The first-order valence-corrected chi connectivity index (χ1v) is 9.40. The zero-order valence-electron chi connectivity index (χ0n) is 14.6. The quantitative estimate of drug-likeness (QED) is 0.534. The van der Waals surface area contributed by atoms with Crippen LogP contribution in [0.4, 0.5) is 0 Å².